The number of rotatable bonds is 5. The van der Waals surface area contributed by atoms with Gasteiger partial charge in [-0.3, -0.25) is 9.59 Å². The number of halogens is 1. The average Bonchev–Trinajstić information content (AvgIpc) is 2.83. The predicted octanol–water partition coefficient (Wildman–Crippen LogP) is 3.86. The third-order valence-electron chi connectivity index (χ3n) is 6.45. The second-order valence-corrected chi connectivity index (χ2v) is 8.81. The zero-order valence-corrected chi connectivity index (χ0v) is 18.6. The number of anilines is 1. The number of benzene rings is 2. The molecule has 0 saturated carbocycles. The largest absolute Gasteiger partial charge is 0.367 e. The van der Waals surface area contributed by atoms with E-state index in [9.17, 15) is 9.59 Å². The summed E-state index contributed by atoms with van der Waals surface area (Å²) in [4.78, 5) is 31.8. The normalized spacial score (nSPS) is 17.6. The standard InChI is InChI=1S/C25H30ClN3O2/c26-22-8-4-5-9-23(22)27-16-18-29(19-17-27)25(31)21-12-14-28(15-13-21)24(30)11-10-20-6-2-1-3-7-20/h1-9,21H,10-19H2. The number of hydrogen-bond acceptors (Lipinski definition) is 3. The molecular weight excluding hydrogens is 410 g/mol. The molecule has 2 amide bonds. The quantitative estimate of drug-likeness (QED) is 0.710. The highest BCUT2D eigenvalue weighted by Gasteiger charge is 2.31. The van der Waals surface area contributed by atoms with Crippen molar-refractivity contribution in [2.24, 2.45) is 5.92 Å². The lowest BCUT2D eigenvalue weighted by molar-refractivity contribution is -0.141. The molecule has 0 atom stereocenters. The minimum absolute atomic E-state index is 0.0324. The van der Waals surface area contributed by atoms with Gasteiger partial charge in [0.15, 0.2) is 0 Å². The first-order chi connectivity index (χ1) is 15.1. The summed E-state index contributed by atoms with van der Waals surface area (Å²) >= 11 is 6.32. The van der Waals surface area contributed by atoms with Gasteiger partial charge in [0.2, 0.25) is 11.8 Å². The fourth-order valence-electron chi connectivity index (χ4n) is 4.56. The second kappa shape index (κ2) is 10.2. The summed E-state index contributed by atoms with van der Waals surface area (Å²) in [6.45, 7) is 4.41. The van der Waals surface area contributed by atoms with E-state index in [1.165, 1.54) is 5.56 Å². The van der Waals surface area contributed by atoms with Crippen molar-refractivity contribution in [3.05, 3.63) is 65.2 Å². The molecule has 5 nitrogen and oxygen atoms in total. The Hall–Kier alpha value is -2.53. The molecular formula is C25H30ClN3O2. The number of carbonyl (C=O) groups is 2. The lowest BCUT2D eigenvalue weighted by Crippen LogP contribution is -2.52. The van der Waals surface area contributed by atoms with Crippen LogP contribution in [0.1, 0.15) is 24.8 Å². The molecule has 0 bridgehead atoms. The van der Waals surface area contributed by atoms with Gasteiger partial charge in [-0.25, -0.2) is 0 Å². The first-order valence-electron chi connectivity index (χ1n) is 11.2. The van der Waals surface area contributed by atoms with Crippen molar-refractivity contribution in [3.8, 4) is 0 Å². The monoisotopic (exact) mass is 439 g/mol. The Labute approximate surface area is 189 Å². The molecule has 2 saturated heterocycles. The first-order valence-corrected chi connectivity index (χ1v) is 11.6. The lowest BCUT2D eigenvalue weighted by Gasteiger charge is -2.39. The Bertz CT molecular complexity index is 889. The Morgan fingerprint density at radius 2 is 1.45 bits per heavy atom. The van der Waals surface area contributed by atoms with Crippen LogP contribution in [0.5, 0.6) is 0 Å². The number of nitrogens with zero attached hydrogens (tertiary/aromatic N) is 3. The van der Waals surface area contributed by atoms with Gasteiger partial charge in [0.1, 0.15) is 0 Å². The van der Waals surface area contributed by atoms with E-state index in [1.807, 2.05) is 52.3 Å². The summed E-state index contributed by atoms with van der Waals surface area (Å²) in [5.74, 6) is 0.475. The van der Waals surface area contributed by atoms with Crippen LogP contribution in [0.15, 0.2) is 54.6 Å². The molecule has 2 aromatic rings. The lowest BCUT2D eigenvalue weighted by atomic mass is 9.94. The molecule has 0 unspecified atom stereocenters. The molecule has 6 heteroatoms. The van der Waals surface area contributed by atoms with Crippen molar-refractivity contribution in [3.63, 3.8) is 0 Å². The summed E-state index contributed by atoms with van der Waals surface area (Å²) in [7, 11) is 0. The third kappa shape index (κ3) is 5.40. The van der Waals surface area contributed by atoms with Gasteiger partial charge in [-0.2, -0.15) is 0 Å². The van der Waals surface area contributed by atoms with Gasteiger partial charge in [-0.05, 0) is 37.0 Å². The fraction of sp³-hybridized carbons (Fsp3) is 0.440. The predicted molar refractivity (Wildman–Crippen MR) is 124 cm³/mol. The molecule has 0 N–H and O–H groups in total. The Balaban J connectivity index is 1.21. The van der Waals surface area contributed by atoms with Crippen molar-refractivity contribution in [2.45, 2.75) is 25.7 Å². The highest BCUT2D eigenvalue weighted by molar-refractivity contribution is 6.33. The summed E-state index contributed by atoms with van der Waals surface area (Å²) in [6, 6.07) is 18.0. The molecule has 2 aromatic carbocycles. The van der Waals surface area contributed by atoms with E-state index in [4.69, 9.17) is 11.6 Å². The van der Waals surface area contributed by atoms with E-state index < -0.39 is 0 Å². The van der Waals surface area contributed by atoms with Crippen LogP contribution in [0.2, 0.25) is 5.02 Å². The van der Waals surface area contributed by atoms with E-state index in [0.717, 1.165) is 56.2 Å². The van der Waals surface area contributed by atoms with Crippen LogP contribution in [0, 0.1) is 5.92 Å². The van der Waals surface area contributed by atoms with Crippen LogP contribution in [0.25, 0.3) is 0 Å². The Morgan fingerprint density at radius 3 is 2.13 bits per heavy atom. The van der Waals surface area contributed by atoms with E-state index in [0.29, 0.717) is 19.5 Å². The Kier molecular flexibility index (Phi) is 7.13. The summed E-state index contributed by atoms with van der Waals surface area (Å²) in [5, 5.41) is 0.756. The van der Waals surface area contributed by atoms with Crippen LogP contribution in [-0.4, -0.2) is 60.9 Å². The van der Waals surface area contributed by atoms with Crippen molar-refractivity contribution in [2.75, 3.05) is 44.2 Å². The van der Waals surface area contributed by atoms with E-state index in [2.05, 4.69) is 17.0 Å². The minimum atomic E-state index is 0.0324. The van der Waals surface area contributed by atoms with Gasteiger partial charge in [0.05, 0.1) is 10.7 Å². The van der Waals surface area contributed by atoms with Crippen molar-refractivity contribution >= 4 is 29.1 Å². The van der Waals surface area contributed by atoms with Crippen LogP contribution in [0.4, 0.5) is 5.69 Å². The number of piperidine rings is 1. The molecule has 2 aliphatic heterocycles. The van der Waals surface area contributed by atoms with Crippen LogP contribution < -0.4 is 4.90 Å². The van der Waals surface area contributed by atoms with Crippen molar-refractivity contribution in [1.29, 1.82) is 0 Å². The molecule has 164 valence electrons. The maximum atomic E-state index is 13.0. The molecule has 2 fully saturated rings. The smallest absolute Gasteiger partial charge is 0.225 e. The average molecular weight is 440 g/mol. The maximum Gasteiger partial charge on any atom is 0.225 e. The third-order valence-corrected chi connectivity index (χ3v) is 6.77. The number of para-hydroxylation sites is 1. The fourth-order valence-corrected chi connectivity index (χ4v) is 4.82. The summed E-state index contributed by atoms with van der Waals surface area (Å²) in [6.07, 6.45) is 2.84. The number of aryl methyl sites for hydroxylation is 1. The molecule has 31 heavy (non-hydrogen) atoms. The van der Waals surface area contributed by atoms with Gasteiger partial charge in [0.25, 0.3) is 0 Å². The first kappa shape index (κ1) is 21.7. The topological polar surface area (TPSA) is 43.9 Å². The Morgan fingerprint density at radius 1 is 0.806 bits per heavy atom. The van der Waals surface area contributed by atoms with Crippen LogP contribution in [0.3, 0.4) is 0 Å². The van der Waals surface area contributed by atoms with E-state index >= 15 is 0 Å². The zero-order chi connectivity index (χ0) is 21.6. The van der Waals surface area contributed by atoms with E-state index in [-0.39, 0.29) is 17.7 Å². The molecule has 4 rings (SSSR count). The maximum absolute atomic E-state index is 13.0. The van der Waals surface area contributed by atoms with Gasteiger partial charge >= 0.3 is 0 Å². The van der Waals surface area contributed by atoms with Gasteiger partial charge in [-0.15, -0.1) is 0 Å². The molecule has 0 aromatic heterocycles. The molecule has 0 aliphatic carbocycles. The van der Waals surface area contributed by atoms with Crippen molar-refractivity contribution < 1.29 is 9.59 Å². The van der Waals surface area contributed by atoms with Gasteiger partial charge in [0, 0.05) is 51.6 Å². The zero-order valence-electron chi connectivity index (χ0n) is 17.9. The number of hydrogen-bond donors (Lipinski definition) is 0. The number of carbonyl (C=O) groups excluding carboxylic acids is 2. The number of likely N-dealkylation sites (tertiary alicyclic amines) is 1. The molecule has 0 spiro atoms. The number of piperazine rings is 1. The second-order valence-electron chi connectivity index (χ2n) is 8.40. The number of amides is 2. The van der Waals surface area contributed by atoms with E-state index in [1.54, 1.807) is 0 Å². The van der Waals surface area contributed by atoms with Crippen LogP contribution >= 0.6 is 11.6 Å². The van der Waals surface area contributed by atoms with Crippen LogP contribution in [-0.2, 0) is 16.0 Å². The SMILES string of the molecule is O=C(CCc1ccccc1)N1CCC(C(=O)N2CCN(c3ccccc3Cl)CC2)CC1. The minimum Gasteiger partial charge on any atom is -0.367 e. The van der Waals surface area contributed by atoms with Gasteiger partial charge < -0.3 is 14.7 Å². The molecule has 0 radical (unpaired) electrons. The molecule has 2 heterocycles. The molecule has 2 aliphatic rings. The van der Waals surface area contributed by atoms with Gasteiger partial charge in [-0.1, -0.05) is 54.1 Å². The summed E-state index contributed by atoms with van der Waals surface area (Å²) < 4.78 is 0. The highest BCUT2D eigenvalue weighted by atomic mass is 35.5. The highest BCUT2D eigenvalue weighted by Crippen LogP contribution is 2.27. The summed E-state index contributed by atoms with van der Waals surface area (Å²) in [5.41, 5.74) is 2.23. The van der Waals surface area contributed by atoms with Crippen molar-refractivity contribution in [1.82, 2.24) is 9.80 Å².